The minimum atomic E-state index is -5.08. The lowest BCUT2D eigenvalue weighted by atomic mass is 9.89. The summed E-state index contributed by atoms with van der Waals surface area (Å²) < 4.78 is 63.5. The van der Waals surface area contributed by atoms with E-state index in [1.807, 2.05) is 0 Å². The number of carbonyl (C=O) groups excluding carboxylic acids is 1. The van der Waals surface area contributed by atoms with Gasteiger partial charge in [-0.1, -0.05) is 19.3 Å². The maximum Gasteiger partial charge on any atom is 0.490 e. The van der Waals surface area contributed by atoms with Gasteiger partial charge in [-0.3, -0.25) is 4.79 Å². The number of carboxylic acids is 2. The Bertz CT molecular complexity index is 377. The summed E-state index contributed by atoms with van der Waals surface area (Å²) in [6.45, 7) is 0. The molecule has 0 heterocycles. The van der Waals surface area contributed by atoms with Crippen molar-refractivity contribution >= 4 is 17.8 Å². The van der Waals surface area contributed by atoms with Crippen LogP contribution >= 0.6 is 0 Å². The minimum absolute atomic E-state index is 0.102. The molecule has 0 radical (unpaired) electrons. The van der Waals surface area contributed by atoms with Gasteiger partial charge in [-0.15, -0.1) is 0 Å². The Morgan fingerprint density at radius 3 is 1.17 bits per heavy atom. The highest BCUT2D eigenvalue weighted by atomic mass is 19.4. The van der Waals surface area contributed by atoms with E-state index in [1.165, 1.54) is 19.3 Å². The minimum Gasteiger partial charge on any atom is -0.475 e. The van der Waals surface area contributed by atoms with Gasteiger partial charge in [0.1, 0.15) is 0 Å². The number of carbonyl (C=O) groups is 3. The van der Waals surface area contributed by atoms with Crippen molar-refractivity contribution in [2.45, 2.75) is 44.5 Å². The molecule has 1 fully saturated rings. The molecule has 23 heavy (non-hydrogen) atoms. The number of nitrogens with two attached hydrogens (primary N) is 1. The Balaban J connectivity index is 0. The van der Waals surface area contributed by atoms with Gasteiger partial charge in [-0.25, -0.2) is 9.59 Å². The second-order valence-corrected chi connectivity index (χ2v) is 4.34. The van der Waals surface area contributed by atoms with Gasteiger partial charge in [0.25, 0.3) is 0 Å². The van der Waals surface area contributed by atoms with E-state index in [2.05, 4.69) is 0 Å². The molecule has 0 aliphatic heterocycles. The van der Waals surface area contributed by atoms with E-state index in [0.29, 0.717) is 0 Å². The number of aliphatic carboxylic acids is 2. The average Bonchev–Trinajstić information content (AvgIpc) is 2.38. The standard InChI is InChI=1S/C7H13NO.2C2HF3O2/c8-7(9)6-4-2-1-3-5-6;2*3-2(4,5)1(6)7/h6H,1-5H2,(H2,8,9);2*(H,6,7). The van der Waals surface area contributed by atoms with Crippen LogP contribution in [0.25, 0.3) is 0 Å². The van der Waals surface area contributed by atoms with Crippen molar-refractivity contribution < 1.29 is 50.9 Å². The van der Waals surface area contributed by atoms with E-state index < -0.39 is 24.3 Å². The summed E-state index contributed by atoms with van der Waals surface area (Å²) in [4.78, 5) is 28.4. The Labute approximate surface area is 126 Å². The van der Waals surface area contributed by atoms with E-state index in [-0.39, 0.29) is 11.8 Å². The second kappa shape index (κ2) is 9.90. The lowest BCUT2D eigenvalue weighted by Gasteiger charge is -2.17. The zero-order chi connectivity index (χ0) is 18.8. The molecule has 0 saturated heterocycles. The van der Waals surface area contributed by atoms with E-state index in [1.54, 1.807) is 0 Å². The van der Waals surface area contributed by atoms with Crippen LogP contribution in [0.3, 0.4) is 0 Å². The highest BCUT2D eigenvalue weighted by Crippen LogP contribution is 2.22. The van der Waals surface area contributed by atoms with E-state index in [9.17, 15) is 31.1 Å². The third-order valence-corrected chi connectivity index (χ3v) is 2.49. The lowest BCUT2D eigenvalue weighted by Crippen LogP contribution is -2.24. The van der Waals surface area contributed by atoms with Crippen LogP contribution in [-0.4, -0.2) is 40.4 Å². The molecule has 0 unspecified atom stereocenters. The molecule has 136 valence electrons. The fourth-order valence-electron chi connectivity index (χ4n) is 1.39. The quantitative estimate of drug-likeness (QED) is 0.624. The van der Waals surface area contributed by atoms with Crippen LogP contribution in [0.15, 0.2) is 0 Å². The number of amides is 1. The van der Waals surface area contributed by atoms with Crippen molar-refractivity contribution in [3.05, 3.63) is 0 Å². The van der Waals surface area contributed by atoms with Crippen LogP contribution in [0.5, 0.6) is 0 Å². The molecule has 0 spiro atoms. The Morgan fingerprint density at radius 2 is 1.04 bits per heavy atom. The van der Waals surface area contributed by atoms with Gasteiger partial charge in [0.2, 0.25) is 5.91 Å². The summed E-state index contributed by atoms with van der Waals surface area (Å²) in [6.07, 6.45) is -4.46. The lowest BCUT2D eigenvalue weighted by molar-refractivity contribution is -0.193. The Hall–Kier alpha value is -2.01. The van der Waals surface area contributed by atoms with Gasteiger partial charge in [0.15, 0.2) is 0 Å². The molecule has 6 nitrogen and oxygen atoms in total. The fourth-order valence-corrected chi connectivity index (χ4v) is 1.39. The second-order valence-electron chi connectivity index (χ2n) is 4.34. The largest absolute Gasteiger partial charge is 0.490 e. The predicted octanol–water partition coefficient (Wildman–Crippen LogP) is 2.32. The molecule has 0 aromatic heterocycles. The third-order valence-electron chi connectivity index (χ3n) is 2.49. The first-order valence-electron chi connectivity index (χ1n) is 6.09. The smallest absolute Gasteiger partial charge is 0.475 e. The topological polar surface area (TPSA) is 118 Å². The van der Waals surface area contributed by atoms with Crippen molar-refractivity contribution in [2.24, 2.45) is 11.7 Å². The number of rotatable bonds is 1. The van der Waals surface area contributed by atoms with Gasteiger partial charge in [0.05, 0.1) is 0 Å². The van der Waals surface area contributed by atoms with Gasteiger partial charge >= 0.3 is 24.3 Å². The Kier molecular flexibility index (Phi) is 10.0. The van der Waals surface area contributed by atoms with Crippen LogP contribution < -0.4 is 5.73 Å². The molecular weight excluding hydrogens is 340 g/mol. The van der Waals surface area contributed by atoms with Crippen molar-refractivity contribution in [1.82, 2.24) is 0 Å². The van der Waals surface area contributed by atoms with Gasteiger partial charge in [-0.2, -0.15) is 26.3 Å². The predicted molar refractivity (Wildman–Crippen MR) is 63.2 cm³/mol. The summed E-state index contributed by atoms with van der Waals surface area (Å²) in [5, 5.41) is 14.2. The van der Waals surface area contributed by atoms with Crippen LogP contribution in [0.1, 0.15) is 32.1 Å². The van der Waals surface area contributed by atoms with Crippen LogP contribution in [0.4, 0.5) is 26.3 Å². The van der Waals surface area contributed by atoms with Crippen LogP contribution in [-0.2, 0) is 14.4 Å². The molecule has 0 atom stereocenters. The van der Waals surface area contributed by atoms with E-state index in [0.717, 1.165) is 12.8 Å². The molecular formula is C11H15F6NO5. The summed E-state index contributed by atoms with van der Waals surface area (Å²) in [5.41, 5.74) is 5.13. The Morgan fingerprint density at radius 1 is 0.783 bits per heavy atom. The molecule has 1 aliphatic carbocycles. The molecule has 1 rings (SSSR count). The van der Waals surface area contributed by atoms with Gasteiger partial charge in [0, 0.05) is 5.92 Å². The molecule has 4 N–H and O–H groups in total. The van der Waals surface area contributed by atoms with Gasteiger partial charge < -0.3 is 15.9 Å². The molecule has 1 saturated carbocycles. The summed E-state index contributed by atoms with van der Waals surface area (Å²) >= 11 is 0. The molecule has 1 amide bonds. The number of hydrogen-bond donors (Lipinski definition) is 3. The van der Waals surface area contributed by atoms with Crippen molar-refractivity contribution in [3.63, 3.8) is 0 Å². The average molecular weight is 355 g/mol. The summed E-state index contributed by atoms with van der Waals surface area (Å²) in [6, 6.07) is 0. The number of halogens is 6. The van der Waals surface area contributed by atoms with Crippen LogP contribution in [0.2, 0.25) is 0 Å². The molecule has 1 aliphatic rings. The van der Waals surface area contributed by atoms with E-state index in [4.69, 9.17) is 25.5 Å². The highest BCUT2D eigenvalue weighted by Gasteiger charge is 2.38. The molecule has 0 aromatic carbocycles. The monoisotopic (exact) mass is 355 g/mol. The highest BCUT2D eigenvalue weighted by molar-refractivity contribution is 5.76. The van der Waals surface area contributed by atoms with E-state index >= 15 is 0 Å². The molecule has 0 aromatic rings. The maximum absolute atomic E-state index is 10.6. The first-order chi connectivity index (χ1) is 10.2. The van der Waals surface area contributed by atoms with Crippen molar-refractivity contribution in [3.8, 4) is 0 Å². The van der Waals surface area contributed by atoms with Crippen LogP contribution in [0, 0.1) is 5.92 Å². The first-order valence-corrected chi connectivity index (χ1v) is 6.09. The SMILES string of the molecule is NC(=O)C1CCCCC1.O=C(O)C(F)(F)F.O=C(O)C(F)(F)F. The zero-order valence-electron chi connectivity index (χ0n) is 11.6. The summed E-state index contributed by atoms with van der Waals surface area (Å²) in [7, 11) is 0. The molecule has 0 bridgehead atoms. The third kappa shape index (κ3) is 13.4. The maximum atomic E-state index is 10.6. The van der Waals surface area contributed by atoms with Crippen molar-refractivity contribution in [1.29, 1.82) is 0 Å². The normalized spacial score (nSPS) is 15.4. The fraction of sp³-hybridized carbons (Fsp3) is 0.727. The summed E-state index contributed by atoms with van der Waals surface area (Å²) in [5.74, 6) is -5.42. The zero-order valence-corrected chi connectivity index (χ0v) is 11.6. The first kappa shape index (κ1) is 23.3. The van der Waals surface area contributed by atoms with Crippen molar-refractivity contribution in [2.75, 3.05) is 0 Å². The number of primary amides is 1. The number of hydrogen-bond acceptors (Lipinski definition) is 3. The van der Waals surface area contributed by atoms with Gasteiger partial charge in [-0.05, 0) is 12.8 Å². The number of alkyl halides is 6. The molecule has 12 heteroatoms. The number of carboxylic acid groups (broad SMARTS) is 2.